The van der Waals surface area contributed by atoms with E-state index in [1.165, 1.54) is 64.6 Å². The topological polar surface area (TPSA) is 86.8 Å². The van der Waals surface area contributed by atoms with Crippen molar-refractivity contribution >= 4 is 50.9 Å². The average molecular weight is 486 g/mol. The van der Waals surface area contributed by atoms with E-state index in [0.29, 0.717) is 10.7 Å². The number of carbonyl (C=O) groups is 2. The van der Waals surface area contributed by atoms with Gasteiger partial charge < -0.3 is 10.2 Å². The third kappa shape index (κ3) is 6.42. The zero-order chi connectivity index (χ0) is 22.4. The molecule has 11 heteroatoms. The van der Waals surface area contributed by atoms with Crippen LogP contribution in [-0.2, 0) is 19.6 Å². The molecule has 166 valence electrons. The van der Waals surface area contributed by atoms with Crippen molar-refractivity contribution in [1.29, 1.82) is 0 Å². The summed E-state index contributed by atoms with van der Waals surface area (Å²) in [6.07, 6.45) is 0. The summed E-state index contributed by atoms with van der Waals surface area (Å²) >= 11 is 6.98. The molecule has 7 nitrogen and oxygen atoms in total. The molecule has 0 aromatic heterocycles. The molecule has 1 aliphatic heterocycles. The molecule has 0 atom stereocenters. The molecule has 1 aliphatic rings. The first-order valence-corrected chi connectivity index (χ1v) is 12.4. The minimum atomic E-state index is -3.63. The Morgan fingerprint density at radius 2 is 1.58 bits per heavy atom. The summed E-state index contributed by atoms with van der Waals surface area (Å²) < 4.78 is 39.6. The highest BCUT2D eigenvalue weighted by atomic mass is 35.5. The lowest BCUT2D eigenvalue weighted by Crippen LogP contribution is -2.51. The number of carbonyl (C=O) groups excluding carboxylic acids is 2. The van der Waals surface area contributed by atoms with Crippen molar-refractivity contribution in [3.05, 3.63) is 59.4 Å². The van der Waals surface area contributed by atoms with Gasteiger partial charge in [-0.2, -0.15) is 4.31 Å². The number of hydrogen-bond acceptors (Lipinski definition) is 5. The van der Waals surface area contributed by atoms with Gasteiger partial charge in [-0.15, -0.1) is 11.8 Å². The number of hydrogen-bond donors (Lipinski definition) is 1. The first kappa shape index (κ1) is 23.5. The predicted molar refractivity (Wildman–Crippen MR) is 119 cm³/mol. The van der Waals surface area contributed by atoms with Crippen molar-refractivity contribution in [3.63, 3.8) is 0 Å². The molecule has 1 fully saturated rings. The van der Waals surface area contributed by atoms with Crippen LogP contribution in [0.4, 0.5) is 10.1 Å². The molecule has 0 unspecified atom stereocenters. The molecule has 3 rings (SSSR count). The van der Waals surface area contributed by atoms with Gasteiger partial charge in [0.05, 0.1) is 16.4 Å². The highest BCUT2D eigenvalue weighted by molar-refractivity contribution is 8.00. The van der Waals surface area contributed by atoms with Gasteiger partial charge in [-0.1, -0.05) is 11.6 Å². The minimum absolute atomic E-state index is 0.0774. The lowest BCUT2D eigenvalue weighted by molar-refractivity contribution is -0.129. The van der Waals surface area contributed by atoms with Crippen molar-refractivity contribution in [1.82, 2.24) is 9.21 Å². The number of amides is 2. The van der Waals surface area contributed by atoms with E-state index in [1.54, 1.807) is 4.90 Å². The van der Waals surface area contributed by atoms with Crippen LogP contribution >= 0.6 is 23.4 Å². The zero-order valence-electron chi connectivity index (χ0n) is 16.5. The van der Waals surface area contributed by atoms with Crippen molar-refractivity contribution < 1.29 is 22.4 Å². The molecular formula is C20H21ClFN3O4S2. The Morgan fingerprint density at radius 3 is 2.19 bits per heavy atom. The van der Waals surface area contributed by atoms with Crippen LogP contribution in [-0.4, -0.2) is 67.1 Å². The average Bonchev–Trinajstić information content (AvgIpc) is 2.75. The molecule has 2 aromatic rings. The lowest BCUT2D eigenvalue weighted by Gasteiger charge is -2.34. The summed E-state index contributed by atoms with van der Waals surface area (Å²) in [6.45, 7) is 0.973. The molecule has 0 saturated carbocycles. The van der Waals surface area contributed by atoms with Crippen LogP contribution in [0, 0.1) is 5.82 Å². The Balaban J connectivity index is 1.42. The Labute approximate surface area is 189 Å². The zero-order valence-corrected chi connectivity index (χ0v) is 18.9. The molecule has 0 spiro atoms. The molecule has 1 N–H and O–H groups in total. The van der Waals surface area contributed by atoms with Crippen LogP contribution < -0.4 is 5.32 Å². The minimum Gasteiger partial charge on any atom is -0.339 e. The number of nitrogens with zero attached hydrogens (tertiary/aromatic N) is 2. The summed E-state index contributed by atoms with van der Waals surface area (Å²) in [5.41, 5.74) is 0.483. The number of anilines is 1. The Bertz CT molecular complexity index is 1030. The van der Waals surface area contributed by atoms with Gasteiger partial charge in [0.15, 0.2) is 0 Å². The van der Waals surface area contributed by atoms with Crippen LogP contribution in [0.1, 0.15) is 0 Å². The number of rotatable bonds is 7. The first-order valence-electron chi connectivity index (χ1n) is 9.42. The van der Waals surface area contributed by atoms with Crippen molar-refractivity contribution in [2.24, 2.45) is 0 Å². The maximum Gasteiger partial charge on any atom is 0.243 e. The van der Waals surface area contributed by atoms with Crippen LogP contribution in [0.3, 0.4) is 0 Å². The van der Waals surface area contributed by atoms with E-state index >= 15 is 0 Å². The highest BCUT2D eigenvalue weighted by Gasteiger charge is 2.30. The lowest BCUT2D eigenvalue weighted by atomic mass is 10.3. The Kier molecular flexibility index (Phi) is 7.93. The van der Waals surface area contributed by atoms with Gasteiger partial charge in [-0.25, -0.2) is 12.8 Å². The van der Waals surface area contributed by atoms with Gasteiger partial charge >= 0.3 is 0 Å². The molecule has 31 heavy (non-hydrogen) atoms. The summed E-state index contributed by atoms with van der Waals surface area (Å²) in [5, 5.41) is 3.09. The molecule has 1 saturated heterocycles. The number of sulfonamides is 1. The van der Waals surface area contributed by atoms with E-state index in [1.807, 2.05) is 0 Å². The quantitative estimate of drug-likeness (QED) is 0.651. The fourth-order valence-corrected chi connectivity index (χ4v) is 5.25. The third-order valence-corrected chi connectivity index (χ3v) is 7.71. The molecule has 0 aliphatic carbocycles. The van der Waals surface area contributed by atoms with Crippen LogP contribution in [0.2, 0.25) is 5.02 Å². The number of halogens is 2. The van der Waals surface area contributed by atoms with Gasteiger partial charge in [0, 0.05) is 36.9 Å². The molecule has 0 radical (unpaired) electrons. The van der Waals surface area contributed by atoms with Gasteiger partial charge in [-0.3, -0.25) is 9.59 Å². The second-order valence-electron chi connectivity index (χ2n) is 6.79. The fraction of sp³-hybridized carbons (Fsp3) is 0.300. The first-order chi connectivity index (χ1) is 14.8. The molecule has 2 aromatic carbocycles. The van der Waals surface area contributed by atoms with Crippen LogP contribution in [0.25, 0.3) is 0 Å². The molecule has 0 bridgehead atoms. The third-order valence-electron chi connectivity index (χ3n) is 4.63. The summed E-state index contributed by atoms with van der Waals surface area (Å²) in [4.78, 5) is 26.1. The standard InChI is InChI=1S/C20H21ClFN3O4S2/c21-15-1-7-18(8-2-15)31(28,29)25-11-9-24(10-12-25)20(27)14-30-13-19(26)23-17-5-3-16(22)4-6-17/h1-8H,9-14H2,(H,23,26). The Hall–Kier alpha value is -2.14. The van der Waals surface area contributed by atoms with Crippen LogP contribution in [0.5, 0.6) is 0 Å². The second kappa shape index (κ2) is 10.4. The van der Waals surface area contributed by atoms with E-state index in [0.717, 1.165) is 0 Å². The van der Waals surface area contributed by atoms with Crippen LogP contribution in [0.15, 0.2) is 53.4 Å². The van der Waals surface area contributed by atoms with Crippen molar-refractivity contribution in [3.8, 4) is 0 Å². The molecule has 1 heterocycles. The normalized spacial score (nSPS) is 15.0. The molecule has 2 amide bonds. The SMILES string of the molecule is O=C(CSCC(=O)N1CCN(S(=O)(=O)c2ccc(Cl)cc2)CC1)Nc1ccc(F)cc1. The smallest absolute Gasteiger partial charge is 0.243 e. The number of thioether (sulfide) groups is 1. The van der Waals surface area contributed by atoms with Gasteiger partial charge in [0.25, 0.3) is 0 Å². The van der Waals surface area contributed by atoms with E-state index < -0.39 is 10.0 Å². The number of benzene rings is 2. The van der Waals surface area contributed by atoms with Gasteiger partial charge in [-0.05, 0) is 48.5 Å². The summed E-state index contributed by atoms with van der Waals surface area (Å²) in [7, 11) is -3.63. The van der Waals surface area contributed by atoms with Gasteiger partial charge in [0.1, 0.15) is 5.82 Å². The summed E-state index contributed by atoms with van der Waals surface area (Å²) in [5.74, 6) is -0.639. The van der Waals surface area contributed by atoms with E-state index in [2.05, 4.69) is 5.32 Å². The largest absolute Gasteiger partial charge is 0.339 e. The predicted octanol–water partition coefficient (Wildman–Crippen LogP) is 2.68. The monoisotopic (exact) mass is 485 g/mol. The van der Waals surface area contributed by atoms with E-state index in [-0.39, 0.29) is 60.2 Å². The van der Waals surface area contributed by atoms with E-state index in [4.69, 9.17) is 11.6 Å². The maximum atomic E-state index is 12.9. The number of piperazine rings is 1. The summed E-state index contributed by atoms with van der Waals surface area (Å²) in [6, 6.07) is 11.4. The van der Waals surface area contributed by atoms with Crippen molar-refractivity contribution in [2.75, 3.05) is 43.0 Å². The Morgan fingerprint density at radius 1 is 0.968 bits per heavy atom. The van der Waals surface area contributed by atoms with Gasteiger partial charge in [0.2, 0.25) is 21.8 Å². The highest BCUT2D eigenvalue weighted by Crippen LogP contribution is 2.20. The fourth-order valence-electron chi connectivity index (χ4n) is 2.99. The number of nitrogens with one attached hydrogen (secondary N) is 1. The van der Waals surface area contributed by atoms with Crippen molar-refractivity contribution in [2.45, 2.75) is 4.90 Å². The molecular weight excluding hydrogens is 465 g/mol. The second-order valence-corrected chi connectivity index (χ2v) is 10.1. The maximum absolute atomic E-state index is 12.9. The van der Waals surface area contributed by atoms with E-state index in [9.17, 15) is 22.4 Å².